The first-order chi connectivity index (χ1) is 5.90. The van der Waals surface area contributed by atoms with Gasteiger partial charge >= 0.3 is 0 Å². The second kappa shape index (κ2) is 3.32. The third-order valence-electron chi connectivity index (χ3n) is 2.67. The van der Waals surface area contributed by atoms with E-state index in [0.29, 0.717) is 0 Å². The van der Waals surface area contributed by atoms with E-state index in [0.717, 1.165) is 19.8 Å². The summed E-state index contributed by atoms with van der Waals surface area (Å²) in [6, 6.07) is 0. The Labute approximate surface area is 81.3 Å². The molecule has 1 heterocycles. The molecule has 1 saturated heterocycles. The summed E-state index contributed by atoms with van der Waals surface area (Å²) in [5, 5.41) is 0. The predicted octanol–water partition coefficient (Wildman–Crippen LogP) is 1.51. The lowest BCUT2D eigenvalue weighted by Crippen LogP contribution is -2.60. The van der Waals surface area contributed by atoms with Gasteiger partial charge in [0.05, 0.1) is 18.8 Å². The summed E-state index contributed by atoms with van der Waals surface area (Å²) in [6.45, 7) is 11.0. The normalized spacial score (nSPS) is 23.9. The van der Waals surface area contributed by atoms with Gasteiger partial charge in [-0.15, -0.1) is 6.42 Å². The average Bonchev–Trinajstić information content (AvgIpc) is 2.03. The van der Waals surface area contributed by atoms with Crippen LogP contribution in [0.5, 0.6) is 0 Å². The smallest absolute Gasteiger partial charge is 0.0772 e. The van der Waals surface area contributed by atoms with Crippen LogP contribution >= 0.6 is 0 Å². The first-order valence-electron chi connectivity index (χ1n) is 4.73. The monoisotopic (exact) mass is 181 g/mol. The molecule has 0 aliphatic carbocycles. The average molecular weight is 181 g/mol. The van der Waals surface area contributed by atoms with Crippen molar-refractivity contribution in [2.75, 3.05) is 19.8 Å². The van der Waals surface area contributed by atoms with Crippen LogP contribution in [0.15, 0.2) is 0 Å². The Morgan fingerprint density at radius 1 is 1.46 bits per heavy atom. The van der Waals surface area contributed by atoms with Crippen LogP contribution in [0.2, 0.25) is 0 Å². The van der Waals surface area contributed by atoms with Crippen molar-refractivity contribution < 1.29 is 4.74 Å². The first kappa shape index (κ1) is 10.6. The van der Waals surface area contributed by atoms with E-state index in [2.05, 4.69) is 38.5 Å². The van der Waals surface area contributed by atoms with E-state index >= 15 is 0 Å². The molecule has 1 fully saturated rings. The van der Waals surface area contributed by atoms with E-state index in [1.54, 1.807) is 0 Å². The zero-order valence-corrected chi connectivity index (χ0v) is 9.05. The standard InChI is InChI=1S/C11H19NO/c1-6-10(2,3)12-7-8-13-9-11(12,4)5/h1H,7-9H2,2-5H3. The highest BCUT2D eigenvalue weighted by Gasteiger charge is 2.38. The van der Waals surface area contributed by atoms with Gasteiger partial charge < -0.3 is 4.74 Å². The maximum Gasteiger partial charge on any atom is 0.0772 e. The summed E-state index contributed by atoms with van der Waals surface area (Å²) in [5.41, 5.74) is -0.124. The minimum absolute atomic E-state index is 0.0497. The van der Waals surface area contributed by atoms with E-state index in [4.69, 9.17) is 11.2 Å². The van der Waals surface area contributed by atoms with Crippen molar-refractivity contribution in [1.82, 2.24) is 4.90 Å². The van der Waals surface area contributed by atoms with Crippen molar-refractivity contribution in [3.05, 3.63) is 0 Å². The molecule has 0 aromatic heterocycles. The van der Waals surface area contributed by atoms with Gasteiger partial charge in [-0.25, -0.2) is 0 Å². The summed E-state index contributed by atoms with van der Waals surface area (Å²) < 4.78 is 5.44. The number of morpholine rings is 1. The van der Waals surface area contributed by atoms with Crippen molar-refractivity contribution >= 4 is 0 Å². The largest absolute Gasteiger partial charge is 0.378 e. The quantitative estimate of drug-likeness (QED) is 0.569. The fourth-order valence-electron chi connectivity index (χ4n) is 1.97. The van der Waals surface area contributed by atoms with Crippen LogP contribution in [-0.2, 0) is 4.74 Å². The summed E-state index contributed by atoms with van der Waals surface area (Å²) in [6.07, 6.45) is 5.53. The molecule has 0 bridgehead atoms. The molecule has 13 heavy (non-hydrogen) atoms. The van der Waals surface area contributed by atoms with Crippen LogP contribution in [0.3, 0.4) is 0 Å². The van der Waals surface area contributed by atoms with Crippen LogP contribution < -0.4 is 0 Å². The van der Waals surface area contributed by atoms with Gasteiger partial charge in [-0.1, -0.05) is 5.92 Å². The van der Waals surface area contributed by atoms with Crippen molar-refractivity contribution in [2.45, 2.75) is 38.8 Å². The Balaban J connectivity index is 2.84. The van der Waals surface area contributed by atoms with Gasteiger partial charge in [-0.2, -0.15) is 0 Å². The molecule has 1 rings (SSSR count). The van der Waals surface area contributed by atoms with Crippen LogP contribution in [0.25, 0.3) is 0 Å². The van der Waals surface area contributed by atoms with Gasteiger partial charge in [0.1, 0.15) is 0 Å². The molecule has 0 unspecified atom stereocenters. The summed E-state index contributed by atoms with van der Waals surface area (Å²) >= 11 is 0. The van der Waals surface area contributed by atoms with Gasteiger partial charge in [0.25, 0.3) is 0 Å². The molecule has 2 heteroatoms. The fraction of sp³-hybridized carbons (Fsp3) is 0.818. The molecule has 1 aliphatic rings. The number of rotatable bonds is 1. The maximum absolute atomic E-state index is 5.53. The van der Waals surface area contributed by atoms with Crippen LogP contribution in [0.1, 0.15) is 27.7 Å². The van der Waals surface area contributed by atoms with Gasteiger partial charge in [0.2, 0.25) is 0 Å². The predicted molar refractivity (Wildman–Crippen MR) is 54.5 cm³/mol. The molecule has 2 nitrogen and oxygen atoms in total. The lowest BCUT2D eigenvalue weighted by atomic mass is 9.93. The Bertz CT molecular complexity index is 225. The Kier molecular flexibility index (Phi) is 2.70. The summed E-state index contributed by atoms with van der Waals surface area (Å²) in [4.78, 5) is 2.34. The highest BCUT2D eigenvalue weighted by molar-refractivity contribution is 5.12. The van der Waals surface area contributed by atoms with Gasteiger partial charge in [0.15, 0.2) is 0 Å². The minimum Gasteiger partial charge on any atom is -0.378 e. The molecule has 74 valence electrons. The lowest BCUT2D eigenvalue weighted by molar-refractivity contribution is -0.0811. The highest BCUT2D eigenvalue weighted by atomic mass is 16.5. The number of hydrogen-bond donors (Lipinski definition) is 0. The fourth-order valence-corrected chi connectivity index (χ4v) is 1.97. The minimum atomic E-state index is -0.173. The van der Waals surface area contributed by atoms with Gasteiger partial charge in [-0.3, -0.25) is 4.90 Å². The first-order valence-corrected chi connectivity index (χ1v) is 4.73. The SMILES string of the molecule is C#CC(C)(C)N1CCOCC1(C)C. The maximum atomic E-state index is 5.53. The summed E-state index contributed by atoms with van der Waals surface area (Å²) in [5.74, 6) is 2.84. The third-order valence-corrected chi connectivity index (χ3v) is 2.67. The molecule has 0 N–H and O–H groups in total. The second-order valence-electron chi connectivity index (χ2n) is 4.72. The molecule has 0 radical (unpaired) electrons. The van der Waals surface area contributed by atoms with Gasteiger partial charge in [-0.05, 0) is 27.7 Å². The van der Waals surface area contributed by atoms with Gasteiger partial charge in [0, 0.05) is 12.1 Å². The Hall–Kier alpha value is -0.520. The van der Waals surface area contributed by atoms with E-state index in [9.17, 15) is 0 Å². The second-order valence-corrected chi connectivity index (χ2v) is 4.72. The third kappa shape index (κ3) is 2.04. The molecule has 1 aliphatic heterocycles. The van der Waals surface area contributed by atoms with E-state index < -0.39 is 0 Å². The molecular weight excluding hydrogens is 162 g/mol. The highest BCUT2D eigenvalue weighted by Crippen LogP contribution is 2.27. The van der Waals surface area contributed by atoms with Crippen molar-refractivity contribution in [3.8, 4) is 12.3 Å². The van der Waals surface area contributed by atoms with Crippen molar-refractivity contribution in [1.29, 1.82) is 0 Å². The van der Waals surface area contributed by atoms with Crippen LogP contribution in [-0.4, -0.2) is 35.7 Å². The van der Waals surface area contributed by atoms with Crippen molar-refractivity contribution in [3.63, 3.8) is 0 Å². The molecule has 0 saturated carbocycles. The molecule has 0 spiro atoms. The molecule has 0 aromatic rings. The number of nitrogens with zero attached hydrogens (tertiary/aromatic N) is 1. The molecule has 0 atom stereocenters. The summed E-state index contributed by atoms with van der Waals surface area (Å²) in [7, 11) is 0. The number of terminal acetylenes is 1. The molecular formula is C11H19NO. The number of hydrogen-bond acceptors (Lipinski definition) is 2. The molecule has 0 aromatic carbocycles. The van der Waals surface area contributed by atoms with Crippen LogP contribution in [0.4, 0.5) is 0 Å². The van der Waals surface area contributed by atoms with Crippen LogP contribution in [0, 0.1) is 12.3 Å². The van der Waals surface area contributed by atoms with E-state index in [1.165, 1.54) is 0 Å². The Morgan fingerprint density at radius 2 is 2.08 bits per heavy atom. The zero-order chi connectivity index (χ0) is 10.1. The van der Waals surface area contributed by atoms with E-state index in [1.807, 2.05) is 0 Å². The lowest BCUT2D eigenvalue weighted by Gasteiger charge is -2.48. The molecule has 0 amide bonds. The zero-order valence-electron chi connectivity index (χ0n) is 9.05. The van der Waals surface area contributed by atoms with Crippen molar-refractivity contribution in [2.24, 2.45) is 0 Å². The number of ether oxygens (including phenoxy) is 1. The topological polar surface area (TPSA) is 12.5 Å². The van der Waals surface area contributed by atoms with E-state index in [-0.39, 0.29) is 11.1 Å². The Morgan fingerprint density at radius 3 is 2.54 bits per heavy atom.